The van der Waals surface area contributed by atoms with Gasteiger partial charge in [0.25, 0.3) is 0 Å². The van der Waals surface area contributed by atoms with E-state index in [4.69, 9.17) is 0 Å². The number of rotatable bonds is 18. The lowest BCUT2D eigenvalue weighted by atomic mass is 9.84. The van der Waals surface area contributed by atoms with Gasteiger partial charge in [0.15, 0.2) is 0 Å². The Kier molecular flexibility index (Phi) is 13.3. The number of nitrogens with one attached hydrogen (secondary N) is 1. The van der Waals surface area contributed by atoms with E-state index >= 15 is 0 Å². The molecule has 0 fully saturated rings. The summed E-state index contributed by atoms with van der Waals surface area (Å²) < 4.78 is 2.46. The number of unbranched alkanes of at least 4 members (excludes halogenated alkanes) is 10. The molecule has 1 aromatic carbocycles. The molecule has 0 radical (unpaired) electrons. The minimum absolute atomic E-state index is 0.608. The zero-order valence-corrected chi connectivity index (χ0v) is 19.8. The van der Waals surface area contributed by atoms with Gasteiger partial charge in [0, 0.05) is 5.92 Å². The van der Waals surface area contributed by atoms with Crippen LogP contribution in [0.5, 0.6) is 0 Å². The summed E-state index contributed by atoms with van der Waals surface area (Å²) in [6.07, 6.45) is 27.0. The third-order valence-corrected chi connectivity index (χ3v) is 6.62. The summed E-state index contributed by atoms with van der Waals surface area (Å²) in [6, 6.07) is 11.8. The molecule has 0 saturated heterocycles. The van der Waals surface area contributed by atoms with Gasteiger partial charge in [-0.05, 0) is 31.2 Å². The highest BCUT2D eigenvalue weighted by atomic mass is 15.1. The summed E-state index contributed by atoms with van der Waals surface area (Å²) in [6.45, 7) is 4.61. The molecular formula is C28H47N2+. The van der Waals surface area contributed by atoms with Gasteiger partial charge in [-0.3, -0.25) is 4.98 Å². The minimum atomic E-state index is 0.608. The summed E-state index contributed by atoms with van der Waals surface area (Å²) in [4.78, 5) is 3.29. The molecule has 2 nitrogen and oxygen atoms in total. The average molecular weight is 412 g/mol. The number of imidazole rings is 1. The monoisotopic (exact) mass is 411 g/mol. The highest BCUT2D eigenvalue weighted by Gasteiger charge is 2.26. The summed E-state index contributed by atoms with van der Waals surface area (Å²) in [5.41, 5.74) is 1.50. The third kappa shape index (κ3) is 9.96. The van der Waals surface area contributed by atoms with Gasteiger partial charge in [0.1, 0.15) is 18.4 Å². The Morgan fingerprint density at radius 1 is 0.733 bits per heavy atom. The maximum absolute atomic E-state index is 3.29. The van der Waals surface area contributed by atoms with Crippen LogP contribution in [0.4, 0.5) is 0 Å². The topological polar surface area (TPSA) is 19.7 Å². The smallest absolute Gasteiger partial charge is 0.241 e. The van der Waals surface area contributed by atoms with Crippen LogP contribution in [0, 0.1) is 5.92 Å². The average Bonchev–Trinajstić information content (AvgIpc) is 3.30. The van der Waals surface area contributed by atoms with Crippen molar-refractivity contribution in [3.63, 3.8) is 0 Å². The van der Waals surface area contributed by atoms with Crippen LogP contribution in [-0.2, 0) is 6.42 Å². The van der Waals surface area contributed by atoms with Crippen molar-refractivity contribution in [1.82, 2.24) is 4.98 Å². The van der Waals surface area contributed by atoms with Crippen LogP contribution in [0.2, 0.25) is 0 Å². The fraction of sp³-hybridized carbons (Fsp3) is 0.679. The number of hydrogen-bond donors (Lipinski definition) is 1. The normalized spacial score (nSPS) is 13.4. The molecule has 2 heteroatoms. The van der Waals surface area contributed by atoms with Crippen LogP contribution in [0.1, 0.15) is 115 Å². The van der Waals surface area contributed by atoms with E-state index < -0.39 is 0 Å². The fourth-order valence-corrected chi connectivity index (χ4v) is 4.80. The minimum Gasteiger partial charge on any atom is -0.250 e. The van der Waals surface area contributed by atoms with E-state index in [1.54, 1.807) is 0 Å². The van der Waals surface area contributed by atoms with Crippen molar-refractivity contribution in [1.29, 1.82) is 0 Å². The van der Waals surface area contributed by atoms with Gasteiger partial charge in [0.2, 0.25) is 6.33 Å². The first-order chi connectivity index (χ1) is 14.8. The maximum atomic E-state index is 3.29. The number of hydrogen-bond acceptors (Lipinski definition) is 0. The van der Waals surface area contributed by atoms with Gasteiger partial charge in [-0.2, -0.15) is 0 Å². The van der Waals surface area contributed by atoms with Crippen molar-refractivity contribution < 1.29 is 4.57 Å². The van der Waals surface area contributed by atoms with Crippen molar-refractivity contribution in [2.75, 3.05) is 0 Å². The first kappa shape index (κ1) is 24.7. The second-order valence-corrected chi connectivity index (χ2v) is 9.19. The number of aromatic amines is 1. The van der Waals surface area contributed by atoms with Crippen molar-refractivity contribution in [2.45, 2.75) is 116 Å². The molecule has 0 amide bonds. The first-order valence-corrected chi connectivity index (χ1v) is 12.9. The molecular weight excluding hydrogens is 364 g/mol. The predicted octanol–water partition coefficient (Wildman–Crippen LogP) is 8.20. The highest BCUT2D eigenvalue weighted by molar-refractivity contribution is 5.15. The third-order valence-electron chi connectivity index (χ3n) is 6.62. The second kappa shape index (κ2) is 16.2. The molecule has 30 heavy (non-hydrogen) atoms. The van der Waals surface area contributed by atoms with E-state index in [0.717, 1.165) is 5.92 Å². The fourth-order valence-electron chi connectivity index (χ4n) is 4.80. The SMILES string of the molecule is CCCCCCCCCCCC(Cc1ccccc1)C(CCCCC)[n+]1cc[nH]c1. The van der Waals surface area contributed by atoms with Gasteiger partial charge >= 0.3 is 0 Å². The molecule has 0 spiro atoms. The van der Waals surface area contributed by atoms with E-state index in [2.05, 4.69) is 72.5 Å². The van der Waals surface area contributed by atoms with E-state index in [1.165, 1.54) is 102 Å². The van der Waals surface area contributed by atoms with Gasteiger partial charge in [-0.15, -0.1) is 0 Å². The van der Waals surface area contributed by atoms with Crippen LogP contribution in [-0.4, -0.2) is 4.98 Å². The van der Waals surface area contributed by atoms with Crippen molar-refractivity contribution in [3.8, 4) is 0 Å². The van der Waals surface area contributed by atoms with E-state index in [1.807, 2.05) is 0 Å². The highest BCUT2D eigenvalue weighted by Crippen LogP contribution is 2.28. The zero-order chi connectivity index (χ0) is 21.3. The summed E-state index contributed by atoms with van der Waals surface area (Å²) >= 11 is 0. The Labute approximate surface area is 186 Å². The van der Waals surface area contributed by atoms with Crippen molar-refractivity contribution >= 4 is 0 Å². The Morgan fingerprint density at radius 2 is 1.33 bits per heavy atom. The molecule has 0 aliphatic carbocycles. The summed E-state index contributed by atoms with van der Waals surface area (Å²) in [5, 5.41) is 0. The lowest BCUT2D eigenvalue weighted by Gasteiger charge is -2.25. The Hall–Kier alpha value is -1.57. The number of nitrogens with zero attached hydrogens (tertiary/aromatic N) is 1. The molecule has 2 unspecified atom stereocenters. The van der Waals surface area contributed by atoms with Gasteiger partial charge in [0.05, 0.1) is 0 Å². The zero-order valence-electron chi connectivity index (χ0n) is 19.8. The van der Waals surface area contributed by atoms with Crippen molar-refractivity contribution in [3.05, 3.63) is 54.6 Å². The largest absolute Gasteiger partial charge is 0.250 e. The van der Waals surface area contributed by atoms with Crippen LogP contribution in [0.15, 0.2) is 49.1 Å². The van der Waals surface area contributed by atoms with Gasteiger partial charge < -0.3 is 0 Å². The predicted molar refractivity (Wildman–Crippen MR) is 130 cm³/mol. The van der Waals surface area contributed by atoms with E-state index in [9.17, 15) is 0 Å². The Balaban J connectivity index is 1.88. The first-order valence-electron chi connectivity index (χ1n) is 12.9. The van der Waals surface area contributed by atoms with Crippen LogP contribution < -0.4 is 4.57 Å². The molecule has 2 rings (SSSR count). The molecule has 0 aliphatic heterocycles. The summed E-state index contributed by atoms with van der Waals surface area (Å²) in [7, 11) is 0. The second-order valence-electron chi connectivity index (χ2n) is 9.19. The maximum Gasteiger partial charge on any atom is 0.241 e. The molecule has 2 atom stereocenters. The van der Waals surface area contributed by atoms with Gasteiger partial charge in [-0.25, -0.2) is 4.57 Å². The van der Waals surface area contributed by atoms with Crippen molar-refractivity contribution in [2.24, 2.45) is 5.92 Å². The molecule has 0 saturated carbocycles. The van der Waals surface area contributed by atoms with E-state index in [-0.39, 0.29) is 0 Å². The summed E-state index contributed by atoms with van der Waals surface area (Å²) in [5.74, 6) is 0.717. The van der Waals surface area contributed by atoms with Gasteiger partial charge in [-0.1, -0.05) is 115 Å². The van der Waals surface area contributed by atoms with Crippen LogP contribution in [0.3, 0.4) is 0 Å². The lowest BCUT2D eigenvalue weighted by molar-refractivity contribution is -0.730. The number of benzene rings is 1. The van der Waals surface area contributed by atoms with Crippen LogP contribution >= 0.6 is 0 Å². The Bertz CT molecular complexity index is 605. The molecule has 0 aliphatic rings. The number of aromatic nitrogens is 2. The quantitative estimate of drug-likeness (QED) is 0.188. The molecule has 0 bridgehead atoms. The molecule has 2 aromatic rings. The lowest BCUT2D eigenvalue weighted by Crippen LogP contribution is -2.42. The van der Waals surface area contributed by atoms with E-state index in [0.29, 0.717) is 6.04 Å². The Morgan fingerprint density at radius 3 is 1.97 bits per heavy atom. The molecule has 1 heterocycles. The standard InChI is InChI=1S/C28H46N2/c1-3-5-7-8-9-10-11-12-17-20-27(24-26-18-15-13-16-19-26)28(21-14-6-4-2)30-23-22-29-25-30/h13,15-16,18-19,22-23,25,27-28H,3-12,14,17,20-21,24H2,1-2H3/p+1. The van der Waals surface area contributed by atoms with Crippen LogP contribution in [0.25, 0.3) is 0 Å². The molecule has 1 N–H and O–H groups in total. The number of H-pyrrole nitrogens is 1. The molecule has 1 aromatic heterocycles. The molecule has 168 valence electrons.